The van der Waals surface area contributed by atoms with Crippen molar-refractivity contribution < 1.29 is 58.3 Å². The summed E-state index contributed by atoms with van der Waals surface area (Å²) in [7, 11) is -5.04. The average molecular weight is 1010 g/mol. The Balaban J connectivity index is 2.34. The van der Waals surface area contributed by atoms with E-state index in [0.717, 1.165) is 103 Å². The second-order valence-electron chi connectivity index (χ2n) is 18.7. The Bertz CT molecular complexity index is 1480. The van der Waals surface area contributed by atoms with Gasteiger partial charge in [-0.25, -0.2) is 4.57 Å². The van der Waals surface area contributed by atoms with E-state index in [1.54, 1.807) is 0 Å². The van der Waals surface area contributed by atoms with Crippen molar-refractivity contribution in [1.29, 1.82) is 0 Å². The first kappa shape index (κ1) is 65.5. The van der Waals surface area contributed by atoms with Gasteiger partial charge in [-0.1, -0.05) is 195 Å². The van der Waals surface area contributed by atoms with E-state index in [0.29, 0.717) is 13.0 Å². The number of phosphoric ester groups is 1. The Kier molecular flexibility index (Phi) is 43.4. The van der Waals surface area contributed by atoms with Crippen molar-refractivity contribution in [2.45, 2.75) is 249 Å². The summed E-state index contributed by atoms with van der Waals surface area (Å²) in [6.07, 6.45) is 50.7. The molecule has 0 amide bonds. The van der Waals surface area contributed by atoms with Crippen molar-refractivity contribution in [2.75, 3.05) is 19.8 Å². The summed E-state index contributed by atoms with van der Waals surface area (Å²) >= 11 is 0. The van der Waals surface area contributed by atoms with Crippen LogP contribution in [-0.4, -0.2) is 98.9 Å². The van der Waals surface area contributed by atoms with Crippen LogP contribution in [0.1, 0.15) is 206 Å². The van der Waals surface area contributed by atoms with Crippen molar-refractivity contribution in [3.05, 3.63) is 85.1 Å². The minimum atomic E-state index is -5.04. The van der Waals surface area contributed by atoms with Crippen LogP contribution in [0.2, 0.25) is 0 Å². The van der Waals surface area contributed by atoms with Gasteiger partial charge in [0.25, 0.3) is 0 Å². The predicted molar refractivity (Wildman–Crippen MR) is 285 cm³/mol. The molecule has 0 spiro atoms. The molecule has 12 nitrogen and oxygen atoms in total. The molecule has 0 aromatic carbocycles. The number of carbonyl (C=O) groups excluding carboxylic acids is 1. The van der Waals surface area contributed by atoms with E-state index in [4.69, 9.17) is 18.5 Å². The first-order chi connectivity index (χ1) is 34.0. The smallest absolute Gasteiger partial charge is 0.457 e. The molecular weight excluding hydrogens is 908 g/mol. The largest absolute Gasteiger partial charge is 0.472 e. The molecule has 404 valence electrons. The maximum absolute atomic E-state index is 12.9. The maximum atomic E-state index is 12.9. The number of allylic oxidation sites excluding steroid dienone is 14. The van der Waals surface area contributed by atoms with Gasteiger partial charge in [0.1, 0.15) is 42.7 Å². The Labute approximate surface area is 424 Å². The van der Waals surface area contributed by atoms with Crippen LogP contribution in [0, 0.1) is 0 Å². The number of carbonyl (C=O) groups is 1. The van der Waals surface area contributed by atoms with Gasteiger partial charge in [-0.3, -0.25) is 13.8 Å². The highest BCUT2D eigenvalue weighted by molar-refractivity contribution is 7.47. The lowest BCUT2D eigenvalue weighted by atomic mass is 9.85. The number of phosphoric acid groups is 1. The topological polar surface area (TPSA) is 192 Å². The van der Waals surface area contributed by atoms with Crippen LogP contribution >= 0.6 is 7.82 Å². The Morgan fingerprint density at radius 1 is 0.471 bits per heavy atom. The molecule has 1 rings (SSSR count). The van der Waals surface area contributed by atoms with Crippen molar-refractivity contribution in [3.8, 4) is 0 Å². The van der Waals surface area contributed by atoms with Crippen LogP contribution in [-0.2, 0) is 27.9 Å². The van der Waals surface area contributed by atoms with Gasteiger partial charge in [-0.05, 0) is 89.9 Å². The van der Waals surface area contributed by atoms with Crippen LogP contribution in [0.4, 0.5) is 0 Å². The molecule has 1 aliphatic rings. The van der Waals surface area contributed by atoms with Crippen molar-refractivity contribution in [1.82, 2.24) is 0 Å². The lowest BCUT2D eigenvalue weighted by Gasteiger charge is -2.41. The Hall–Kier alpha value is -2.48. The van der Waals surface area contributed by atoms with Gasteiger partial charge >= 0.3 is 13.8 Å². The molecule has 0 heterocycles. The van der Waals surface area contributed by atoms with Gasteiger partial charge < -0.3 is 39.9 Å². The fourth-order valence-corrected chi connectivity index (χ4v) is 8.91. The minimum absolute atomic E-state index is 0.0919. The van der Waals surface area contributed by atoms with Crippen LogP contribution in [0.5, 0.6) is 0 Å². The number of rotatable bonds is 46. The third kappa shape index (κ3) is 37.3. The number of unbranched alkanes of at least 4 members (excludes halogenated alkanes) is 20. The van der Waals surface area contributed by atoms with Crippen molar-refractivity contribution in [2.24, 2.45) is 0 Å². The number of aliphatic hydroxyl groups excluding tert-OH is 5. The molecule has 0 radical (unpaired) electrons. The summed E-state index contributed by atoms with van der Waals surface area (Å²) in [5.41, 5.74) is 0. The summed E-state index contributed by atoms with van der Waals surface area (Å²) in [5, 5.41) is 50.4. The zero-order chi connectivity index (χ0) is 51.2. The van der Waals surface area contributed by atoms with Crippen LogP contribution < -0.4 is 0 Å². The van der Waals surface area contributed by atoms with Crippen LogP contribution in [0.25, 0.3) is 0 Å². The zero-order valence-corrected chi connectivity index (χ0v) is 44.4. The highest BCUT2D eigenvalue weighted by Gasteiger charge is 2.51. The molecule has 1 fully saturated rings. The molecule has 1 saturated carbocycles. The SMILES string of the molecule is CC/C=C\C/C=C\C/C=C\C/C=C\CCCCCCCCCOCC(COP(=O)(O)OC1C(O)C(O)C(O)C(O)C1O)OC(=O)CCCCCCCCCC/C=C\C/C=C\C/C=C\CCCCCCC. The molecule has 0 saturated heterocycles. The van der Waals surface area contributed by atoms with E-state index in [2.05, 4.69) is 98.9 Å². The van der Waals surface area contributed by atoms with Crippen molar-refractivity contribution in [3.63, 3.8) is 0 Å². The summed E-state index contributed by atoms with van der Waals surface area (Å²) in [5.74, 6) is -0.491. The number of hydrogen-bond donors (Lipinski definition) is 6. The fourth-order valence-electron chi connectivity index (χ4n) is 7.94. The summed E-state index contributed by atoms with van der Waals surface area (Å²) in [6, 6.07) is 0. The highest BCUT2D eigenvalue weighted by Crippen LogP contribution is 2.47. The normalized spacial score (nSPS) is 21.5. The number of ether oxygens (including phenoxy) is 2. The third-order valence-electron chi connectivity index (χ3n) is 12.3. The molecule has 13 heteroatoms. The molecule has 6 N–H and O–H groups in total. The average Bonchev–Trinajstić information content (AvgIpc) is 3.35. The monoisotopic (exact) mass is 1010 g/mol. The van der Waals surface area contributed by atoms with Crippen LogP contribution in [0.3, 0.4) is 0 Å². The molecule has 0 aromatic rings. The second kappa shape index (κ2) is 46.3. The Morgan fingerprint density at radius 2 is 0.843 bits per heavy atom. The van der Waals surface area contributed by atoms with E-state index in [-0.39, 0.29) is 13.0 Å². The first-order valence-electron chi connectivity index (χ1n) is 27.4. The molecule has 1 aliphatic carbocycles. The first-order valence-corrected chi connectivity index (χ1v) is 28.9. The lowest BCUT2D eigenvalue weighted by molar-refractivity contribution is -0.220. The van der Waals surface area contributed by atoms with E-state index >= 15 is 0 Å². The highest BCUT2D eigenvalue weighted by atomic mass is 31.2. The van der Waals surface area contributed by atoms with Gasteiger partial charge in [-0.2, -0.15) is 0 Å². The third-order valence-corrected chi connectivity index (χ3v) is 13.2. The number of esters is 1. The second-order valence-corrected chi connectivity index (χ2v) is 20.1. The van der Waals surface area contributed by atoms with E-state index < -0.39 is 63.1 Å². The van der Waals surface area contributed by atoms with Gasteiger partial charge in [0.05, 0.1) is 13.2 Å². The van der Waals surface area contributed by atoms with E-state index in [1.165, 1.54) is 77.0 Å². The van der Waals surface area contributed by atoms with Gasteiger partial charge in [0, 0.05) is 13.0 Å². The quantitative estimate of drug-likeness (QED) is 0.0147. The van der Waals surface area contributed by atoms with Gasteiger partial charge in [-0.15, -0.1) is 0 Å². The summed E-state index contributed by atoms with van der Waals surface area (Å²) < 4.78 is 34.3. The zero-order valence-electron chi connectivity index (χ0n) is 43.5. The summed E-state index contributed by atoms with van der Waals surface area (Å²) in [4.78, 5) is 23.3. The molecular formula is C57H99O12P. The number of hydrogen-bond acceptors (Lipinski definition) is 11. The van der Waals surface area contributed by atoms with Crippen LogP contribution in [0.15, 0.2) is 85.1 Å². The van der Waals surface area contributed by atoms with E-state index in [9.17, 15) is 39.8 Å². The predicted octanol–water partition coefficient (Wildman–Crippen LogP) is 12.9. The molecule has 6 unspecified atom stereocenters. The summed E-state index contributed by atoms with van der Waals surface area (Å²) in [6.45, 7) is 4.12. The van der Waals surface area contributed by atoms with Crippen molar-refractivity contribution >= 4 is 13.8 Å². The molecule has 6 atom stereocenters. The molecule has 0 aliphatic heterocycles. The van der Waals surface area contributed by atoms with Gasteiger partial charge in [0.2, 0.25) is 0 Å². The van der Waals surface area contributed by atoms with E-state index in [1.807, 2.05) is 0 Å². The number of aliphatic hydroxyl groups is 5. The lowest BCUT2D eigenvalue weighted by Crippen LogP contribution is -2.64. The Morgan fingerprint density at radius 3 is 1.29 bits per heavy atom. The maximum Gasteiger partial charge on any atom is 0.472 e. The standard InChI is InChI=1S/C57H99O12P/c1-3-5-7-9-11-13-15-17-19-21-23-25-26-27-28-30-32-34-36-38-40-42-44-46-51(58)68-50(49-67-70(64,65)69-57-55(62)53(60)52(59)54(61)56(57)63)48-66-47-45-43-41-39-37-35-33-31-29-24-22-20-18-16-14-12-10-8-6-4-2/h6,8,12,14-15,17-18,20-21,23-24,26-27,29,50,52-57,59-63H,3-5,7,9-11,13,16,19,22,25,28,30-49H2,1-2H3,(H,64,65)/b8-6-,14-12-,17-15-,20-18-,23-21-,27-26-,29-24-. The fraction of sp³-hybridized carbons (Fsp3) is 0.737. The molecule has 70 heavy (non-hydrogen) atoms. The van der Waals surface area contributed by atoms with Gasteiger partial charge in [0.15, 0.2) is 0 Å². The molecule has 0 aromatic heterocycles. The molecule has 0 bridgehead atoms. The minimum Gasteiger partial charge on any atom is -0.457 e.